The lowest BCUT2D eigenvalue weighted by Crippen LogP contribution is -2.26. The van der Waals surface area contributed by atoms with Crippen LogP contribution in [-0.4, -0.2) is 35.4 Å². The SMILES string of the molecule is Cc1c(CN(C)C(=O)/C=C/c2cnc3c(c2)OCC(=O)N3)oc2ccccc12. The number of aromatic nitrogens is 1. The summed E-state index contributed by atoms with van der Waals surface area (Å²) in [5.74, 6) is 1.25. The van der Waals surface area contributed by atoms with Crippen molar-refractivity contribution in [1.29, 1.82) is 0 Å². The van der Waals surface area contributed by atoms with Gasteiger partial charge in [-0.1, -0.05) is 18.2 Å². The van der Waals surface area contributed by atoms with Gasteiger partial charge in [0.2, 0.25) is 5.91 Å². The number of hydrogen-bond donors (Lipinski definition) is 1. The fraction of sp³-hybridized carbons (Fsp3) is 0.190. The summed E-state index contributed by atoms with van der Waals surface area (Å²) in [7, 11) is 1.73. The Hall–Kier alpha value is -3.61. The lowest BCUT2D eigenvalue weighted by atomic mass is 10.1. The zero-order valence-electron chi connectivity index (χ0n) is 15.6. The molecule has 0 atom stereocenters. The van der Waals surface area contributed by atoms with E-state index in [1.54, 1.807) is 30.3 Å². The molecular weight excluding hydrogens is 358 g/mol. The highest BCUT2D eigenvalue weighted by molar-refractivity contribution is 5.95. The maximum absolute atomic E-state index is 12.5. The Labute approximate surface area is 161 Å². The van der Waals surface area contributed by atoms with Crippen molar-refractivity contribution >= 4 is 34.7 Å². The van der Waals surface area contributed by atoms with Crippen LogP contribution in [0.15, 0.2) is 47.0 Å². The number of furan rings is 1. The molecule has 0 saturated carbocycles. The summed E-state index contributed by atoms with van der Waals surface area (Å²) in [6.07, 6.45) is 4.71. The highest BCUT2D eigenvalue weighted by Gasteiger charge is 2.17. The number of carbonyl (C=O) groups is 2. The first-order valence-electron chi connectivity index (χ1n) is 8.84. The van der Waals surface area contributed by atoms with Crippen LogP contribution in [-0.2, 0) is 16.1 Å². The number of carbonyl (C=O) groups excluding carboxylic acids is 2. The van der Waals surface area contributed by atoms with Crippen molar-refractivity contribution in [2.24, 2.45) is 0 Å². The molecule has 7 heteroatoms. The zero-order valence-corrected chi connectivity index (χ0v) is 15.6. The van der Waals surface area contributed by atoms with E-state index in [4.69, 9.17) is 9.15 Å². The van der Waals surface area contributed by atoms with Gasteiger partial charge in [0.1, 0.15) is 11.3 Å². The first kappa shape index (κ1) is 17.8. The summed E-state index contributed by atoms with van der Waals surface area (Å²) in [5.41, 5.74) is 2.56. The van der Waals surface area contributed by atoms with Crippen molar-refractivity contribution in [1.82, 2.24) is 9.88 Å². The van der Waals surface area contributed by atoms with Crippen molar-refractivity contribution in [3.8, 4) is 5.75 Å². The van der Waals surface area contributed by atoms with Crippen LogP contribution in [0.1, 0.15) is 16.9 Å². The van der Waals surface area contributed by atoms with Gasteiger partial charge in [-0.2, -0.15) is 0 Å². The van der Waals surface area contributed by atoms with Gasteiger partial charge in [-0.05, 0) is 30.7 Å². The molecule has 0 fully saturated rings. The first-order valence-corrected chi connectivity index (χ1v) is 8.84. The van der Waals surface area contributed by atoms with Crippen LogP contribution in [0.4, 0.5) is 5.82 Å². The van der Waals surface area contributed by atoms with Gasteiger partial charge in [-0.25, -0.2) is 4.98 Å². The van der Waals surface area contributed by atoms with Crippen LogP contribution in [0.25, 0.3) is 17.0 Å². The van der Waals surface area contributed by atoms with Gasteiger partial charge >= 0.3 is 0 Å². The Bertz CT molecular complexity index is 1100. The molecule has 0 saturated heterocycles. The van der Waals surface area contributed by atoms with Gasteiger partial charge in [-0.3, -0.25) is 9.59 Å². The van der Waals surface area contributed by atoms with E-state index in [1.165, 1.54) is 6.08 Å². The maximum atomic E-state index is 12.5. The minimum Gasteiger partial charge on any atom is -0.480 e. The Morgan fingerprint density at radius 1 is 1.36 bits per heavy atom. The first-order chi connectivity index (χ1) is 13.5. The monoisotopic (exact) mass is 377 g/mol. The molecule has 0 bridgehead atoms. The Balaban J connectivity index is 1.45. The Morgan fingerprint density at radius 2 is 2.18 bits per heavy atom. The number of nitrogens with zero attached hydrogens (tertiary/aromatic N) is 2. The van der Waals surface area contributed by atoms with Crippen LogP contribution in [0.3, 0.4) is 0 Å². The Kier molecular flexibility index (Phi) is 4.57. The van der Waals surface area contributed by atoms with Crippen molar-refractivity contribution < 1.29 is 18.7 Å². The number of likely N-dealkylation sites (N-methyl/N-ethyl adjacent to an activating group) is 1. The highest BCUT2D eigenvalue weighted by atomic mass is 16.5. The zero-order chi connectivity index (χ0) is 19.7. The van der Waals surface area contributed by atoms with E-state index < -0.39 is 0 Å². The fourth-order valence-electron chi connectivity index (χ4n) is 3.03. The highest BCUT2D eigenvalue weighted by Crippen LogP contribution is 2.27. The smallest absolute Gasteiger partial charge is 0.263 e. The minimum absolute atomic E-state index is 0.0413. The molecule has 4 rings (SSSR count). The average Bonchev–Trinajstić information content (AvgIpc) is 3.01. The number of nitrogens with one attached hydrogen (secondary N) is 1. The number of aryl methyl sites for hydroxylation is 1. The summed E-state index contributed by atoms with van der Waals surface area (Å²) < 4.78 is 11.2. The van der Waals surface area contributed by atoms with Crippen molar-refractivity contribution in [3.05, 3.63) is 59.5 Å². The number of hydrogen-bond acceptors (Lipinski definition) is 5. The summed E-state index contributed by atoms with van der Waals surface area (Å²) in [6.45, 7) is 2.33. The van der Waals surface area contributed by atoms with Crippen LogP contribution in [0, 0.1) is 6.92 Å². The van der Waals surface area contributed by atoms with Crippen molar-refractivity contribution in [2.45, 2.75) is 13.5 Å². The quantitative estimate of drug-likeness (QED) is 0.706. The molecule has 3 aromatic rings. The molecule has 7 nitrogen and oxygen atoms in total. The molecule has 2 aromatic heterocycles. The summed E-state index contributed by atoms with van der Waals surface area (Å²) in [6, 6.07) is 9.55. The molecule has 0 unspecified atom stereocenters. The average molecular weight is 377 g/mol. The number of anilines is 1. The lowest BCUT2D eigenvalue weighted by Gasteiger charge is -2.16. The molecule has 0 spiro atoms. The van der Waals surface area contributed by atoms with E-state index in [0.717, 1.165) is 22.3 Å². The summed E-state index contributed by atoms with van der Waals surface area (Å²) in [5, 5.41) is 3.69. The number of ether oxygens (including phenoxy) is 1. The normalized spacial score (nSPS) is 13.3. The predicted octanol–water partition coefficient (Wildman–Crippen LogP) is 3.14. The molecule has 1 aromatic carbocycles. The summed E-state index contributed by atoms with van der Waals surface area (Å²) in [4.78, 5) is 29.5. The van der Waals surface area contributed by atoms with E-state index in [-0.39, 0.29) is 18.4 Å². The van der Waals surface area contributed by atoms with E-state index in [2.05, 4.69) is 10.3 Å². The second kappa shape index (κ2) is 7.19. The molecular formula is C21H19N3O4. The molecule has 142 valence electrons. The molecule has 0 aliphatic carbocycles. The largest absolute Gasteiger partial charge is 0.480 e. The molecule has 3 heterocycles. The molecule has 1 aliphatic heterocycles. The third-order valence-electron chi connectivity index (χ3n) is 4.61. The molecule has 0 radical (unpaired) electrons. The van der Waals surface area contributed by atoms with Crippen LogP contribution in [0.2, 0.25) is 0 Å². The molecule has 1 aliphatic rings. The van der Waals surface area contributed by atoms with E-state index in [1.807, 2.05) is 31.2 Å². The second-order valence-electron chi connectivity index (χ2n) is 6.63. The summed E-state index contributed by atoms with van der Waals surface area (Å²) >= 11 is 0. The number of fused-ring (bicyclic) bond motifs is 2. The maximum Gasteiger partial charge on any atom is 0.263 e. The number of rotatable bonds is 4. The molecule has 2 amide bonds. The standard InChI is InChI=1S/C21H19N3O4/c1-13-15-5-3-4-6-16(15)28-18(13)11-24(2)20(26)8-7-14-9-17-21(22-10-14)23-19(25)12-27-17/h3-10H,11-12H2,1-2H3,(H,22,23,25)/b8-7+. The van der Waals surface area contributed by atoms with Crippen LogP contribution in [0.5, 0.6) is 5.75 Å². The van der Waals surface area contributed by atoms with Crippen molar-refractivity contribution in [3.63, 3.8) is 0 Å². The predicted molar refractivity (Wildman–Crippen MR) is 105 cm³/mol. The second-order valence-corrected chi connectivity index (χ2v) is 6.63. The van der Waals surface area contributed by atoms with Crippen LogP contribution >= 0.6 is 0 Å². The fourth-order valence-corrected chi connectivity index (χ4v) is 3.03. The minimum atomic E-state index is -0.235. The number of benzene rings is 1. The number of para-hydroxylation sites is 1. The molecule has 1 N–H and O–H groups in total. The van der Waals surface area contributed by atoms with E-state index in [9.17, 15) is 9.59 Å². The Morgan fingerprint density at radius 3 is 3.00 bits per heavy atom. The van der Waals surface area contributed by atoms with E-state index >= 15 is 0 Å². The number of pyridine rings is 1. The number of amides is 2. The molecule has 28 heavy (non-hydrogen) atoms. The van der Waals surface area contributed by atoms with Gasteiger partial charge < -0.3 is 19.4 Å². The van der Waals surface area contributed by atoms with Gasteiger partial charge in [0.05, 0.1) is 6.54 Å². The lowest BCUT2D eigenvalue weighted by molar-refractivity contribution is -0.125. The van der Waals surface area contributed by atoms with Gasteiger partial charge in [-0.15, -0.1) is 0 Å². The third kappa shape index (κ3) is 3.46. The van der Waals surface area contributed by atoms with Gasteiger partial charge in [0.25, 0.3) is 5.91 Å². The van der Waals surface area contributed by atoms with Gasteiger partial charge in [0, 0.05) is 30.3 Å². The van der Waals surface area contributed by atoms with Crippen molar-refractivity contribution in [2.75, 3.05) is 19.0 Å². The van der Waals surface area contributed by atoms with Crippen LogP contribution < -0.4 is 10.1 Å². The van der Waals surface area contributed by atoms with E-state index in [0.29, 0.717) is 23.7 Å². The third-order valence-corrected chi connectivity index (χ3v) is 4.61. The van der Waals surface area contributed by atoms with Gasteiger partial charge in [0.15, 0.2) is 18.2 Å². The topological polar surface area (TPSA) is 84.7 Å².